The Hall–Kier alpha value is -3.18. The summed E-state index contributed by atoms with van der Waals surface area (Å²) in [6, 6.07) is 6.17. The summed E-state index contributed by atoms with van der Waals surface area (Å²) in [5.74, 6) is 1.80. The highest BCUT2D eigenvalue weighted by Gasteiger charge is 2.26. The molecule has 0 aliphatic carbocycles. The smallest absolute Gasteiger partial charge is 0.220 e. The fraction of sp³-hybridized carbons (Fsp3) is 0.478. The standard InChI is InChI=1S/C23H28N6O2/c1-15-6-8-21(31-15)20(28-10-4-5-11-28)14-25-22(30)9-7-19-16(2)27-23-18(12-24)13-26-29(23)17(19)3/h6,8,13,20H,4-5,7,9-11,14H2,1-3H3,(H,25,30). The molecule has 1 N–H and O–H groups in total. The first-order chi connectivity index (χ1) is 15.0. The zero-order chi connectivity index (χ0) is 22.0. The molecule has 162 valence electrons. The predicted octanol–water partition coefficient (Wildman–Crippen LogP) is 3.01. The summed E-state index contributed by atoms with van der Waals surface area (Å²) in [5, 5.41) is 16.6. The Bertz CT molecular complexity index is 1130. The summed E-state index contributed by atoms with van der Waals surface area (Å²) < 4.78 is 7.55. The molecule has 0 radical (unpaired) electrons. The second-order valence-corrected chi connectivity index (χ2v) is 8.18. The van der Waals surface area contributed by atoms with Crippen molar-refractivity contribution in [1.82, 2.24) is 24.8 Å². The van der Waals surface area contributed by atoms with E-state index < -0.39 is 0 Å². The highest BCUT2D eigenvalue weighted by molar-refractivity contribution is 5.76. The molecule has 0 bridgehead atoms. The second-order valence-electron chi connectivity index (χ2n) is 8.18. The molecule has 3 aromatic heterocycles. The molecule has 1 fully saturated rings. The first kappa shape index (κ1) is 21.1. The van der Waals surface area contributed by atoms with Crippen LogP contribution in [0.5, 0.6) is 0 Å². The van der Waals surface area contributed by atoms with Gasteiger partial charge in [0.1, 0.15) is 23.2 Å². The SMILES string of the molecule is Cc1ccc(C(CNC(=O)CCc2c(C)nc3c(C#N)cnn3c2C)N2CCCC2)o1. The van der Waals surface area contributed by atoms with Gasteiger partial charge in [-0.1, -0.05) is 0 Å². The minimum atomic E-state index is 0.00421. The van der Waals surface area contributed by atoms with E-state index in [1.54, 1.807) is 4.52 Å². The van der Waals surface area contributed by atoms with E-state index >= 15 is 0 Å². The van der Waals surface area contributed by atoms with Crippen molar-refractivity contribution in [2.24, 2.45) is 0 Å². The summed E-state index contributed by atoms with van der Waals surface area (Å²) >= 11 is 0. The molecular formula is C23H28N6O2. The van der Waals surface area contributed by atoms with Gasteiger partial charge in [0.25, 0.3) is 0 Å². The Balaban J connectivity index is 1.41. The van der Waals surface area contributed by atoms with Crippen LogP contribution in [0.15, 0.2) is 22.7 Å². The Kier molecular flexibility index (Phi) is 6.05. The number of aromatic nitrogens is 3. The quantitative estimate of drug-likeness (QED) is 0.631. The number of hydrogen-bond acceptors (Lipinski definition) is 6. The number of rotatable bonds is 7. The van der Waals surface area contributed by atoms with E-state index in [1.807, 2.05) is 32.9 Å². The zero-order valence-corrected chi connectivity index (χ0v) is 18.3. The molecule has 1 aliphatic rings. The lowest BCUT2D eigenvalue weighted by Crippen LogP contribution is -2.36. The van der Waals surface area contributed by atoms with Crippen molar-refractivity contribution in [2.45, 2.75) is 52.5 Å². The van der Waals surface area contributed by atoms with Gasteiger partial charge in [0.2, 0.25) is 5.91 Å². The van der Waals surface area contributed by atoms with Gasteiger partial charge in [-0.25, -0.2) is 9.50 Å². The van der Waals surface area contributed by atoms with Crippen LogP contribution in [-0.2, 0) is 11.2 Å². The molecule has 3 aromatic rings. The van der Waals surface area contributed by atoms with Gasteiger partial charge in [0.05, 0.1) is 12.2 Å². The van der Waals surface area contributed by atoms with Crippen molar-refractivity contribution in [3.8, 4) is 6.07 Å². The number of aryl methyl sites for hydroxylation is 3. The summed E-state index contributed by atoms with van der Waals surface area (Å²) in [4.78, 5) is 19.6. The van der Waals surface area contributed by atoms with E-state index in [2.05, 4.69) is 26.4 Å². The highest BCUT2D eigenvalue weighted by atomic mass is 16.3. The van der Waals surface area contributed by atoms with Crippen molar-refractivity contribution in [1.29, 1.82) is 5.26 Å². The average molecular weight is 421 g/mol. The molecule has 0 aromatic carbocycles. The molecule has 8 nitrogen and oxygen atoms in total. The maximum atomic E-state index is 12.7. The molecule has 31 heavy (non-hydrogen) atoms. The van der Waals surface area contributed by atoms with Crippen molar-refractivity contribution in [3.05, 3.63) is 52.4 Å². The molecule has 0 saturated carbocycles. The van der Waals surface area contributed by atoms with E-state index in [0.717, 1.165) is 41.6 Å². The molecule has 1 amide bonds. The van der Waals surface area contributed by atoms with Gasteiger partial charge in [-0.05, 0) is 70.8 Å². The van der Waals surface area contributed by atoms with E-state index in [1.165, 1.54) is 19.0 Å². The molecule has 0 spiro atoms. The number of nitrogens with one attached hydrogen (secondary N) is 1. The van der Waals surface area contributed by atoms with Crippen LogP contribution in [0.3, 0.4) is 0 Å². The van der Waals surface area contributed by atoms with Gasteiger partial charge in [0.15, 0.2) is 5.65 Å². The molecule has 4 rings (SSSR count). The fourth-order valence-corrected chi connectivity index (χ4v) is 4.38. The fourth-order valence-electron chi connectivity index (χ4n) is 4.38. The molecule has 8 heteroatoms. The van der Waals surface area contributed by atoms with Gasteiger partial charge in [-0.15, -0.1) is 0 Å². The third-order valence-electron chi connectivity index (χ3n) is 6.09. The normalized spacial score (nSPS) is 15.3. The summed E-state index contributed by atoms with van der Waals surface area (Å²) in [6.07, 6.45) is 4.83. The minimum absolute atomic E-state index is 0.00421. The monoisotopic (exact) mass is 420 g/mol. The van der Waals surface area contributed by atoms with Crippen LogP contribution >= 0.6 is 0 Å². The Morgan fingerprint density at radius 3 is 2.74 bits per heavy atom. The number of carbonyl (C=O) groups is 1. The number of likely N-dealkylation sites (tertiary alicyclic amines) is 1. The van der Waals surface area contributed by atoms with Gasteiger partial charge in [0, 0.05) is 24.4 Å². The summed E-state index contributed by atoms with van der Waals surface area (Å²) in [5.41, 5.74) is 3.76. The second kappa shape index (κ2) is 8.90. The van der Waals surface area contributed by atoms with Crippen LogP contribution in [0.25, 0.3) is 5.65 Å². The number of furan rings is 1. The Morgan fingerprint density at radius 1 is 1.29 bits per heavy atom. The van der Waals surface area contributed by atoms with Gasteiger partial charge >= 0.3 is 0 Å². The lowest BCUT2D eigenvalue weighted by atomic mass is 10.1. The van der Waals surface area contributed by atoms with Crippen LogP contribution in [0.1, 0.15) is 59.3 Å². The molecule has 1 unspecified atom stereocenters. The lowest BCUT2D eigenvalue weighted by molar-refractivity contribution is -0.121. The van der Waals surface area contributed by atoms with E-state index in [9.17, 15) is 10.1 Å². The zero-order valence-electron chi connectivity index (χ0n) is 18.3. The number of amides is 1. The van der Waals surface area contributed by atoms with Crippen LogP contribution in [0, 0.1) is 32.1 Å². The first-order valence-corrected chi connectivity index (χ1v) is 10.8. The van der Waals surface area contributed by atoms with Gasteiger partial charge in [-0.3, -0.25) is 9.69 Å². The van der Waals surface area contributed by atoms with Gasteiger partial charge < -0.3 is 9.73 Å². The number of nitrogens with zero attached hydrogens (tertiary/aromatic N) is 5. The summed E-state index contributed by atoms with van der Waals surface area (Å²) in [6.45, 7) is 8.39. The van der Waals surface area contributed by atoms with E-state index in [4.69, 9.17) is 4.42 Å². The first-order valence-electron chi connectivity index (χ1n) is 10.8. The molecule has 1 aliphatic heterocycles. The van der Waals surface area contributed by atoms with Crippen molar-refractivity contribution in [2.75, 3.05) is 19.6 Å². The molecule has 1 saturated heterocycles. The molecular weight excluding hydrogens is 392 g/mol. The largest absolute Gasteiger partial charge is 0.465 e. The Morgan fingerprint density at radius 2 is 2.06 bits per heavy atom. The third-order valence-corrected chi connectivity index (χ3v) is 6.09. The van der Waals surface area contributed by atoms with E-state index in [0.29, 0.717) is 30.6 Å². The van der Waals surface area contributed by atoms with Crippen LogP contribution in [0.4, 0.5) is 0 Å². The van der Waals surface area contributed by atoms with Crippen molar-refractivity contribution >= 4 is 11.6 Å². The molecule has 4 heterocycles. The average Bonchev–Trinajstić information content (AvgIpc) is 3.49. The van der Waals surface area contributed by atoms with Crippen molar-refractivity contribution < 1.29 is 9.21 Å². The number of hydrogen-bond donors (Lipinski definition) is 1. The molecule has 1 atom stereocenters. The third kappa shape index (κ3) is 4.32. The predicted molar refractivity (Wildman–Crippen MR) is 115 cm³/mol. The minimum Gasteiger partial charge on any atom is -0.465 e. The number of fused-ring (bicyclic) bond motifs is 1. The highest BCUT2D eigenvalue weighted by Crippen LogP contribution is 2.26. The number of nitriles is 1. The van der Waals surface area contributed by atoms with Crippen LogP contribution < -0.4 is 5.32 Å². The van der Waals surface area contributed by atoms with Crippen LogP contribution in [-0.4, -0.2) is 45.0 Å². The maximum Gasteiger partial charge on any atom is 0.220 e. The number of carbonyl (C=O) groups excluding carboxylic acids is 1. The van der Waals surface area contributed by atoms with Crippen LogP contribution in [0.2, 0.25) is 0 Å². The topological polar surface area (TPSA) is 99.5 Å². The van der Waals surface area contributed by atoms with Gasteiger partial charge in [-0.2, -0.15) is 10.4 Å². The van der Waals surface area contributed by atoms with Crippen molar-refractivity contribution in [3.63, 3.8) is 0 Å². The lowest BCUT2D eigenvalue weighted by Gasteiger charge is -2.26. The summed E-state index contributed by atoms with van der Waals surface area (Å²) in [7, 11) is 0. The van der Waals surface area contributed by atoms with E-state index in [-0.39, 0.29) is 11.9 Å². The Labute approximate surface area is 181 Å². The maximum absolute atomic E-state index is 12.7.